The number of aromatic nitrogens is 5. The van der Waals surface area contributed by atoms with E-state index in [0.717, 1.165) is 11.8 Å². The third-order valence-corrected chi connectivity index (χ3v) is 6.61. The molecule has 1 aliphatic carbocycles. The third kappa shape index (κ3) is 5.50. The number of nitrogens with one attached hydrogen (secondary N) is 3. The Hall–Kier alpha value is -3.74. The van der Waals surface area contributed by atoms with Crippen LogP contribution in [0.5, 0.6) is 5.75 Å². The highest BCUT2D eigenvalue weighted by Gasteiger charge is 2.43. The predicted molar refractivity (Wildman–Crippen MR) is 127 cm³/mol. The third-order valence-electron chi connectivity index (χ3n) is 6.43. The number of hydrogen-bond donors (Lipinski definition) is 3. The van der Waals surface area contributed by atoms with Gasteiger partial charge in [-0.1, -0.05) is 12.1 Å². The van der Waals surface area contributed by atoms with E-state index in [-0.39, 0.29) is 4.84 Å². The number of nitrogens with zero attached hydrogens (tertiary/aromatic N) is 3. The first kappa shape index (κ1) is 24.9. The fourth-order valence-corrected chi connectivity index (χ4v) is 4.77. The van der Waals surface area contributed by atoms with Crippen molar-refractivity contribution in [3.8, 4) is 5.75 Å². The Morgan fingerprint density at radius 3 is 2.57 bits per heavy atom. The van der Waals surface area contributed by atoms with Crippen molar-refractivity contribution in [2.24, 2.45) is 0 Å². The molecule has 1 fully saturated rings. The molecular weight excluding hydrogens is 512 g/mol. The second-order valence-corrected chi connectivity index (χ2v) is 9.29. The minimum atomic E-state index is -4.80. The molecule has 13 heteroatoms. The van der Waals surface area contributed by atoms with Gasteiger partial charge in [-0.05, 0) is 62.2 Å². The number of alkyl halides is 3. The molecule has 3 N–H and O–H groups in total. The number of hydrogen-bond acceptors (Lipinski definition) is 7. The van der Waals surface area contributed by atoms with E-state index in [1.165, 1.54) is 6.07 Å². The topological polar surface area (TPSA) is 105 Å². The SMILES string of the molecule is Fc1c(OC2CCC(Cc3cccc(Nc4ccn[nH]4)n3)(c3n[nH]c(=S)o3)CC2)cccc1C(F)(F)F. The van der Waals surface area contributed by atoms with Gasteiger partial charge in [-0.2, -0.15) is 18.3 Å². The van der Waals surface area contributed by atoms with E-state index >= 15 is 0 Å². The van der Waals surface area contributed by atoms with Crippen LogP contribution in [0.4, 0.5) is 29.2 Å². The van der Waals surface area contributed by atoms with Crippen LogP contribution in [-0.2, 0) is 18.0 Å². The summed E-state index contributed by atoms with van der Waals surface area (Å²) in [7, 11) is 0. The molecule has 1 aliphatic rings. The van der Waals surface area contributed by atoms with E-state index in [1.807, 2.05) is 18.2 Å². The first-order valence-corrected chi connectivity index (χ1v) is 11.9. The van der Waals surface area contributed by atoms with Gasteiger partial charge >= 0.3 is 6.18 Å². The zero-order chi connectivity index (χ0) is 26.0. The summed E-state index contributed by atoms with van der Waals surface area (Å²) in [6, 6.07) is 10.4. The summed E-state index contributed by atoms with van der Waals surface area (Å²) in [5.41, 5.74) is -1.16. The van der Waals surface area contributed by atoms with Gasteiger partial charge in [0.15, 0.2) is 11.6 Å². The molecule has 5 rings (SSSR count). The normalized spacial score (nSPS) is 20.1. The van der Waals surface area contributed by atoms with Crippen molar-refractivity contribution in [1.82, 2.24) is 25.4 Å². The zero-order valence-electron chi connectivity index (χ0n) is 19.3. The minimum Gasteiger partial charge on any atom is -0.487 e. The number of anilines is 2. The van der Waals surface area contributed by atoms with Crippen LogP contribution in [0.15, 0.2) is 53.1 Å². The Morgan fingerprint density at radius 2 is 1.89 bits per heavy atom. The molecule has 4 aromatic rings. The molecular formula is C24H22F4N6O2S. The monoisotopic (exact) mass is 534 g/mol. The van der Waals surface area contributed by atoms with E-state index < -0.39 is 34.8 Å². The van der Waals surface area contributed by atoms with Crippen molar-refractivity contribution in [2.75, 3.05) is 5.32 Å². The Bertz CT molecular complexity index is 1410. The van der Waals surface area contributed by atoms with Gasteiger partial charge in [0, 0.05) is 18.2 Å². The second kappa shape index (κ2) is 9.96. The lowest BCUT2D eigenvalue weighted by Crippen LogP contribution is -2.38. The number of H-pyrrole nitrogens is 2. The summed E-state index contributed by atoms with van der Waals surface area (Å²) in [6.07, 6.45) is -1.27. The highest BCUT2D eigenvalue weighted by molar-refractivity contribution is 7.71. The standard InChI is InChI=1S/C24H22F4N6O2S/c25-20-16(24(26,27)28)4-2-5-17(20)35-15-7-10-23(11-8-15,21-33-34-22(37)36-21)13-14-3-1-6-18(30-14)31-19-9-12-29-32-19/h1-6,9,12,15H,7-8,10-11,13H2,(H,34,37)(H2,29,30,31,32). The van der Waals surface area contributed by atoms with Crippen LogP contribution in [0.3, 0.4) is 0 Å². The van der Waals surface area contributed by atoms with Crippen molar-refractivity contribution >= 4 is 23.9 Å². The van der Waals surface area contributed by atoms with Gasteiger partial charge in [-0.15, -0.1) is 5.10 Å². The molecule has 0 unspecified atom stereocenters. The van der Waals surface area contributed by atoms with Crippen LogP contribution in [-0.4, -0.2) is 31.5 Å². The molecule has 0 aliphatic heterocycles. The van der Waals surface area contributed by atoms with E-state index in [0.29, 0.717) is 55.7 Å². The predicted octanol–water partition coefficient (Wildman–Crippen LogP) is 6.25. The lowest BCUT2D eigenvalue weighted by Gasteiger charge is -2.37. The van der Waals surface area contributed by atoms with Crippen LogP contribution < -0.4 is 10.1 Å². The van der Waals surface area contributed by atoms with E-state index in [4.69, 9.17) is 26.4 Å². The van der Waals surface area contributed by atoms with Gasteiger partial charge in [-0.3, -0.25) is 5.10 Å². The molecule has 0 spiro atoms. The average molecular weight is 535 g/mol. The van der Waals surface area contributed by atoms with Crippen molar-refractivity contribution in [3.63, 3.8) is 0 Å². The van der Waals surface area contributed by atoms with Crippen LogP contribution in [0.25, 0.3) is 0 Å². The Morgan fingerprint density at radius 1 is 1.11 bits per heavy atom. The summed E-state index contributed by atoms with van der Waals surface area (Å²) in [6.45, 7) is 0. The van der Waals surface area contributed by atoms with Crippen molar-refractivity contribution in [2.45, 2.75) is 49.8 Å². The average Bonchev–Trinajstić information content (AvgIpc) is 3.53. The Balaban J connectivity index is 1.34. The fraction of sp³-hybridized carbons (Fsp3) is 0.333. The van der Waals surface area contributed by atoms with Crippen LogP contribution >= 0.6 is 12.2 Å². The minimum absolute atomic E-state index is 0.140. The largest absolute Gasteiger partial charge is 0.487 e. The molecule has 37 heavy (non-hydrogen) atoms. The summed E-state index contributed by atoms with van der Waals surface area (Å²) < 4.78 is 65.2. The number of rotatable bonds is 7. The highest BCUT2D eigenvalue weighted by atomic mass is 32.1. The maximum absolute atomic E-state index is 14.5. The van der Waals surface area contributed by atoms with Crippen LogP contribution in [0.2, 0.25) is 0 Å². The van der Waals surface area contributed by atoms with Crippen LogP contribution in [0, 0.1) is 10.7 Å². The van der Waals surface area contributed by atoms with Gasteiger partial charge in [0.25, 0.3) is 4.84 Å². The molecule has 8 nitrogen and oxygen atoms in total. The summed E-state index contributed by atoms with van der Waals surface area (Å²) >= 11 is 5.09. The van der Waals surface area contributed by atoms with Gasteiger partial charge in [0.1, 0.15) is 11.6 Å². The lowest BCUT2D eigenvalue weighted by molar-refractivity contribution is -0.140. The van der Waals surface area contributed by atoms with Gasteiger partial charge in [0.05, 0.1) is 23.3 Å². The molecule has 1 saturated carbocycles. The van der Waals surface area contributed by atoms with E-state index in [1.54, 1.807) is 12.3 Å². The second-order valence-electron chi connectivity index (χ2n) is 8.92. The number of benzene rings is 1. The quantitative estimate of drug-likeness (QED) is 0.190. The van der Waals surface area contributed by atoms with Gasteiger partial charge < -0.3 is 14.5 Å². The molecule has 0 bridgehead atoms. The molecule has 194 valence electrons. The van der Waals surface area contributed by atoms with Crippen molar-refractivity contribution < 1.29 is 26.7 Å². The number of aromatic amines is 2. The Labute approximate surface area is 213 Å². The summed E-state index contributed by atoms with van der Waals surface area (Å²) in [5, 5.41) is 16.8. The van der Waals surface area contributed by atoms with Crippen molar-refractivity contribution in [3.05, 3.63) is 76.5 Å². The first-order valence-electron chi connectivity index (χ1n) is 11.5. The van der Waals surface area contributed by atoms with Crippen LogP contribution in [0.1, 0.15) is 42.8 Å². The number of halogens is 4. The highest BCUT2D eigenvalue weighted by Crippen LogP contribution is 2.43. The molecule has 0 amide bonds. The zero-order valence-corrected chi connectivity index (χ0v) is 20.1. The Kier molecular flexibility index (Phi) is 6.71. The maximum Gasteiger partial charge on any atom is 0.419 e. The molecule has 3 aromatic heterocycles. The molecule has 0 saturated heterocycles. The molecule has 0 atom stereocenters. The lowest BCUT2D eigenvalue weighted by atomic mass is 9.70. The summed E-state index contributed by atoms with van der Waals surface area (Å²) in [5.74, 6) is -0.0803. The van der Waals surface area contributed by atoms with E-state index in [9.17, 15) is 17.6 Å². The van der Waals surface area contributed by atoms with Gasteiger partial charge in [-0.25, -0.2) is 14.5 Å². The number of ether oxygens (including phenoxy) is 1. The van der Waals surface area contributed by atoms with Gasteiger partial charge in [0.2, 0.25) is 5.89 Å². The fourth-order valence-electron chi connectivity index (χ4n) is 4.64. The molecule has 3 heterocycles. The summed E-state index contributed by atoms with van der Waals surface area (Å²) in [4.78, 5) is 4.84. The van der Waals surface area contributed by atoms with E-state index in [2.05, 4.69) is 25.7 Å². The molecule has 1 aromatic carbocycles. The van der Waals surface area contributed by atoms with Crippen molar-refractivity contribution in [1.29, 1.82) is 0 Å². The maximum atomic E-state index is 14.5. The smallest absolute Gasteiger partial charge is 0.419 e. The molecule has 0 radical (unpaired) electrons. The first-order chi connectivity index (χ1) is 17.7. The number of pyridine rings is 1.